The number of carbonyl (C=O) groups excluding carboxylic acids is 2. The van der Waals surface area contributed by atoms with Crippen molar-refractivity contribution in [2.24, 2.45) is 11.8 Å². The van der Waals surface area contributed by atoms with Crippen LogP contribution in [0.2, 0.25) is 5.02 Å². The molecule has 2 heterocycles. The van der Waals surface area contributed by atoms with Crippen LogP contribution in [0.4, 0.5) is 16.2 Å². The second-order valence-electron chi connectivity index (χ2n) is 9.40. The van der Waals surface area contributed by atoms with E-state index in [1.807, 2.05) is 0 Å². The Morgan fingerprint density at radius 2 is 1.94 bits per heavy atom. The van der Waals surface area contributed by atoms with Crippen LogP contribution in [0.1, 0.15) is 32.3 Å². The molecule has 9 heteroatoms. The molecule has 4 rings (SSSR count). The van der Waals surface area contributed by atoms with Gasteiger partial charge in [0.1, 0.15) is 0 Å². The number of likely N-dealkylation sites (tertiary alicyclic amines) is 1. The van der Waals surface area contributed by atoms with Crippen LogP contribution in [-0.4, -0.2) is 48.1 Å². The fourth-order valence-corrected chi connectivity index (χ4v) is 5.10. The average Bonchev–Trinajstić information content (AvgIpc) is 2.81. The summed E-state index contributed by atoms with van der Waals surface area (Å²) in [6, 6.07) is 10.9. The third kappa shape index (κ3) is 5.10. The van der Waals surface area contributed by atoms with E-state index in [9.17, 15) is 14.7 Å². The number of carbonyl (C=O) groups is 2. The number of nitrogens with zero attached hydrogens (tertiary/aromatic N) is 2. The van der Waals surface area contributed by atoms with Crippen molar-refractivity contribution >= 4 is 50.8 Å². The topological polar surface area (TPSA) is 84.9 Å². The number of benzene rings is 2. The van der Waals surface area contributed by atoms with E-state index < -0.39 is 17.7 Å². The number of aliphatic hydroxyl groups is 1. The molecule has 0 aliphatic carbocycles. The lowest BCUT2D eigenvalue weighted by molar-refractivity contribution is -0.140. The molecule has 2 aliphatic rings. The minimum atomic E-state index is -2.24. The van der Waals surface area contributed by atoms with Gasteiger partial charge in [0, 0.05) is 33.8 Å². The molecular weight excluding hydrogens is 520 g/mol. The molecule has 0 radical (unpaired) electrons. The summed E-state index contributed by atoms with van der Waals surface area (Å²) < 4.78 is 0.678. The Bertz CT molecular complexity index is 1060. The standard InChI is InChI=1S/C25H30BrClN4O3/c1-16-9-11-30(12-10-16)15-17(2)14-28-23(32)25(34)21-13-18(26)3-8-22(21)29-24(33)31(25)20-6-4-19(27)5-7-20/h3-8,13,16-17,34H,9-12,14-15H2,1-2H3,(H,28,32)(H,29,33)/t17-,25+/m1/s1. The van der Waals surface area contributed by atoms with E-state index in [4.69, 9.17) is 11.6 Å². The van der Waals surface area contributed by atoms with E-state index in [1.54, 1.807) is 42.5 Å². The second kappa shape index (κ2) is 10.2. The predicted molar refractivity (Wildman–Crippen MR) is 138 cm³/mol. The minimum absolute atomic E-state index is 0.185. The Labute approximate surface area is 213 Å². The van der Waals surface area contributed by atoms with Gasteiger partial charge in [-0.15, -0.1) is 0 Å². The molecule has 2 aliphatic heterocycles. The molecule has 7 nitrogen and oxygen atoms in total. The van der Waals surface area contributed by atoms with Crippen LogP contribution in [0.15, 0.2) is 46.9 Å². The molecule has 3 N–H and O–H groups in total. The summed E-state index contributed by atoms with van der Waals surface area (Å²) in [7, 11) is 0. The Morgan fingerprint density at radius 1 is 1.26 bits per heavy atom. The first-order valence-corrected chi connectivity index (χ1v) is 12.8. The number of piperidine rings is 1. The van der Waals surface area contributed by atoms with Crippen LogP contribution in [0.25, 0.3) is 0 Å². The van der Waals surface area contributed by atoms with E-state index in [1.165, 1.54) is 12.8 Å². The summed E-state index contributed by atoms with van der Waals surface area (Å²) in [4.78, 5) is 30.2. The number of nitrogens with one attached hydrogen (secondary N) is 2. The van der Waals surface area contributed by atoms with Crippen LogP contribution >= 0.6 is 27.5 Å². The summed E-state index contributed by atoms with van der Waals surface area (Å²) in [5, 5.41) is 18.1. The van der Waals surface area contributed by atoms with Gasteiger partial charge >= 0.3 is 6.03 Å². The number of urea groups is 1. The first kappa shape index (κ1) is 25.0. The van der Waals surface area contributed by atoms with Gasteiger partial charge in [-0.3, -0.25) is 9.69 Å². The SMILES string of the molecule is CC1CCN(C[C@H](C)CNC(=O)[C@@]2(O)c3cc(Br)ccc3NC(=O)N2c2ccc(Cl)cc2)CC1. The Kier molecular flexibility index (Phi) is 7.52. The number of hydrogen-bond acceptors (Lipinski definition) is 4. The summed E-state index contributed by atoms with van der Waals surface area (Å²) >= 11 is 9.44. The number of halogens is 2. The lowest BCUT2D eigenvalue weighted by atomic mass is 9.94. The van der Waals surface area contributed by atoms with Crippen LogP contribution in [0.3, 0.4) is 0 Å². The number of hydrogen-bond donors (Lipinski definition) is 3. The van der Waals surface area contributed by atoms with Crippen LogP contribution in [0, 0.1) is 11.8 Å². The van der Waals surface area contributed by atoms with Crippen molar-refractivity contribution in [2.45, 2.75) is 32.4 Å². The van der Waals surface area contributed by atoms with Gasteiger partial charge in [-0.25, -0.2) is 4.79 Å². The fourth-order valence-electron chi connectivity index (χ4n) is 4.61. The van der Waals surface area contributed by atoms with Crippen molar-refractivity contribution < 1.29 is 14.7 Å². The number of rotatable bonds is 6. The lowest BCUT2D eigenvalue weighted by Gasteiger charge is -2.43. The maximum atomic E-state index is 13.6. The summed E-state index contributed by atoms with van der Waals surface area (Å²) in [6.45, 7) is 7.74. The molecule has 1 saturated heterocycles. The fraction of sp³-hybridized carbons (Fsp3) is 0.440. The third-order valence-electron chi connectivity index (χ3n) is 6.58. The Morgan fingerprint density at radius 3 is 2.62 bits per heavy atom. The van der Waals surface area contributed by atoms with Gasteiger partial charge in [-0.05, 0) is 80.2 Å². The van der Waals surface area contributed by atoms with Gasteiger partial charge in [0.15, 0.2) is 0 Å². The Hall–Kier alpha value is -2.13. The van der Waals surface area contributed by atoms with Gasteiger partial charge in [0.25, 0.3) is 11.6 Å². The lowest BCUT2D eigenvalue weighted by Crippen LogP contribution is -2.63. The molecule has 2 aromatic carbocycles. The zero-order chi connectivity index (χ0) is 24.5. The van der Waals surface area contributed by atoms with Crippen molar-refractivity contribution in [3.63, 3.8) is 0 Å². The molecule has 0 spiro atoms. The smallest absolute Gasteiger partial charge is 0.329 e. The highest BCUT2D eigenvalue weighted by Crippen LogP contribution is 2.41. The number of fused-ring (bicyclic) bond motifs is 1. The van der Waals surface area contributed by atoms with Crippen molar-refractivity contribution in [3.05, 3.63) is 57.5 Å². The van der Waals surface area contributed by atoms with Crippen LogP contribution in [-0.2, 0) is 10.5 Å². The van der Waals surface area contributed by atoms with E-state index in [0.29, 0.717) is 27.4 Å². The van der Waals surface area contributed by atoms with Gasteiger partial charge in [0.2, 0.25) is 0 Å². The van der Waals surface area contributed by atoms with Crippen molar-refractivity contribution in [2.75, 3.05) is 36.4 Å². The average molecular weight is 550 g/mol. The molecule has 0 bridgehead atoms. The molecule has 2 atom stereocenters. The van der Waals surface area contributed by atoms with Crippen molar-refractivity contribution in [3.8, 4) is 0 Å². The highest BCUT2D eigenvalue weighted by Gasteiger charge is 2.52. The molecule has 2 aromatic rings. The quantitative estimate of drug-likeness (QED) is 0.484. The van der Waals surface area contributed by atoms with Crippen LogP contribution < -0.4 is 15.5 Å². The van der Waals surface area contributed by atoms with Gasteiger partial charge in [-0.2, -0.15) is 0 Å². The molecule has 0 aromatic heterocycles. The Balaban J connectivity index is 1.58. The number of anilines is 2. The molecule has 34 heavy (non-hydrogen) atoms. The highest BCUT2D eigenvalue weighted by molar-refractivity contribution is 9.10. The van der Waals surface area contributed by atoms with E-state index in [-0.39, 0.29) is 11.5 Å². The van der Waals surface area contributed by atoms with Crippen LogP contribution in [0.5, 0.6) is 0 Å². The monoisotopic (exact) mass is 548 g/mol. The molecule has 1 fully saturated rings. The molecular formula is C25H30BrClN4O3. The molecule has 3 amide bonds. The maximum absolute atomic E-state index is 13.6. The van der Waals surface area contributed by atoms with Gasteiger partial charge in [-0.1, -0.05) is 41.4 Å². The van der Waals surface area contributed by atoms with E-state index in [2.05, 4.69) is 45.3 Å². The van der Waals surface area contributed by atoms with Crippen molar-refractivity contribution in [1.82, 2.24) is 10.2 Å². The molecule has 0 unspecified atom stereocenters. The van der Waals surface area contributed by atoms with E-state index >= 15 is 0 Å². The first-order valence-electron chi connectivity index (χ1n) is 11.6. The second-order valence-corrected chi connectivity index (χ2v) is 10.8. The summed E-state index contributed by atoms with van der Waals surface area (Å²) in [5.74, 6) is 0.288. The predicted octanol–water partition coefficient (Wildman–Crippen LogP) is 4.78. The zero-order valence-corrected chi connectivity index (χ0v) is 21.7. The maximum Gasteiger partial charge on any atom is 0.329 e. The number of amides is 3. The summed E-state index contributed by atoms with van der Waals surface area (Å²) in [6.07, 6.45) is 2.38. The van der Waals surface area contributed by atoms with Gasteiger partial charge in [0.05, 0.1) is 5.69 Å². The van der Waals surface area contributed by atoms with Gasteiger partial charge < -0.3 is 20.6 Å². The third-order valence-corrected chi connectivity index (χ3v) is 7.33. The molecule has 182 valence electrons. The van der Waals surface area contributed by atoms with Crippen molar-refractivity contribution in [1.29, 1.82) is 0 Å². The molecule has 0 saturated carbocycles. The zero-order valence-electron chi connectivity index (χ0n) is 19.4. The summed E-state index contributed by atoms with van der Waals surface area (Å²) in [5.41, 5.74) is -1.23. The van der Waals surface area contributed by atoms with E-state index in [0.717, 1.165) is 30.5 Å². The normalized spacial score (nSPS) is 22.1. The first-order chi connectivity index (χ1) is 16.2. The minimum Gasteiger partial charge on any atom is -0.359 e. The largest absolute Gasteiger partial charge is 0.359 e. The highest BCUT2D eigenvalue weighted by atomic mass is 79.9.